The molecule has 1 amide bonds. The molecule has 0 saturated heterocycles. The van der Waals surface area contributed by atoms with E-state index >= 15 is 0 Å². The molecule has 0 aliphatic heterocycles. The highest BCUT2D eigenvalue weighted by molar-refractivity contribution is 7.92. The molecular formula is C27H31ClN2O4S. The van der Waals surface area contributed by atoms with E-state index in [0.29, 0.717) is 10.7 Å². The van der Waals surface area contributed by atoms with Crippen molar-refractivity contribution in [3.8, 4) is 5.75 Å². The Morgan fingerprint density at radius 3 is 2.34 bits per heavy atom. The van der Waals surface area contributed by atoms with Gasteiger partial charge in [0.1, 0.15) is 18.9 Å². The number of ether oxygens (including phenoxy) is 1. The number of amides is 1. The van der Waals surface area contributed by atoms with Crippen molar-refractivity contribution in [2.24, 2.45) is 0 Å². The predicted molar refractivity (Wildman–Crippen MR) is 141 cm³/mol. The summed E-state index contributed by atoms with van der Waals surface area (Å²) in [6.45, 7) is 8.32. The molecule has 0 radical (unpaired) electrons. The van der Waals surface area contributed by atoms with Crippen LogP contribution in [0.3, 0.4) is 0 Å². The van der Waals surface area contributed by atoms with E-state index in [9.17, 15) is 13.2 Å². The zero-order valence-corrected chi connectivity index (χ0v) is 22.0. The third-order valence-corrected chi connectivity index (χ3v) is 7.40. The van der Waals surface area contributed by atoms with Crippen molar-refractivity contribution in [2.45, 2.75) is 38.0 Å². The van der Waals surface area contributed by atoms with Gasteiger partial charge in [-0.25, -0.2) is 8.42 Å². The Bertz CT molecular complexity index is 1270. The van der Waals surface area contributed by atoms with Crippen molar-refractivity contribution in [1.29, 1.82) is 0 Å². The fraction of sp³-hybridized carbons (Fsp3) is 0.296. The molecule has 0 aliphatic carbocycles. The molecule has 35 heavy (non-hydrogen) atoms. The van der Waals surface area contributed by atoms with E-state index in [1.807, 2.05) is 37.3 Å². The van der Waals surface area contributed by atoms with Crippen molar-refractivity contribution in [3.05, 3.63) is 88.9 Å². The van der Waals surface area contributed by atoms with Crippen LogP contribution in [0.4, 0.5) is 5.69 Å². The van der Waals surface area contributed by atoms with Crippen molar-refractivity contribution >= 4 is 33.2 Å². The van der Waals surface area contributed by atoms with Gasteiger partial charge in [-0.3, -0.25) is 9.10 Å². The number of carbonyl (C=O) groups excluding carboxylic acids is 1. The highest BCUT2D eigenvalue weighted by atomic mass is 35.5. The van der Waals surface area contributed by atoms with Crippen LogP contribution in [0.5, 0.6) is 5.75 Å². The quantitative estimate of drug-likeness (QED) is 0.391. The molecule has 0 saturated carbocycles. The lowest BCUT2D eigenvalue weighted by Crippen LogP contribution is -2.42. The van der Waals surface area contributed by atoms with E-state index in [4.69, 9.17) is 16.3 Å². The maximum absolute atomic E-state index is 13.4. The van der Waals surface area contributed by atoms with Crippen LogP contribution in [0.25, 0.3) is 0 Å². The smallest absolute Gasteiger partial charge is 0.264 e. The van der Waals surface area contributed by atoms with Crippen LogP contribution in [0.2, 0.25) is 5.02 Å². The lowest BCUT2D eigenvalue weighted by molar-refractivity contribution is -0.119. The number of carbonyl (C=O) groups is 1. The fourth-order valence-corrected chi connectivity index (χ4v) is 5.12. The number of para-hydroxylation sites is 1. The molecule has 0 aliphatic rings. The van der Waals surface area contributed by atoms with Crippen LogP contribution >= 0.6 is 11.6 Å². The lowest BCUT2D eigenvalue weighted by atomic mass is 9.86. The number of nitrogens with zero attached hydrogens (tertiary/aromatic N) is 1. The van der Waals surface area contributed by atoms with E-state index in [0.717, 1.165) is 21.2 Å². The number of benzene rings is 3. The summed E-state index contributed by atoms with van der Waals surface area (Å²) in [4.78, 5) is 12.8. The summed E-state index contributed by atoms with van der Waals surface area (Å²) in [5.41, 5.74) is 2.28. The van der Waals surface area contributed by atoms with E-state index in [1.165, 1.54) is 24.3 Å². The second-order valence-corrected chi connectivity index (χ2v) is 11.5. The molecule has 0 aromatic heterocycles. The monoisotopic (exact) mass is 514 g/mol. The molecule has 3 aromatic rings. The van der Waals surface area contributed by atoms with Gasteiger partial charge < -0.3 is 10.1 Å². The Kier molecular flexibility index (Phi) is 8.46. The number of nitrogens with one attached hydrogen (secondary N) is 1. The van der Waals surface area contributed by atoms with Gasteiger partial charge >= 0.3 is 0 Å². The molecular weight excluding hydrogens is 484 g/mol. The SMILES string of the molecule is Cc1cccc(N(CC(=O)NCCOc2ccccc2C(C)(C)C)S(=O)(=O)c2ccc(Cl)cc2)c1. The molecule has 0 heterocycles. The van der Waals surface area contributed by atoms with Gasteiger partial charge in [-0.15, -0.1) is 0 Å². The van der Waals surface area contributed by atoms with E-state index < -0.39 is 15.9 Å². The molecule has 0 fully saturated rings. The van der Waals surface area contributed by atoms with Crippen molar-refractivity contribution in [3.63, 3.8) is 0 Å². The second-order valence-electron chi connectivity index (χ2n) is 9.25. The molecule has 186 valence electrons. The van der Waals surface area contributed by atoms with Gasteiger partial charge in [0.15, 0.2) is 0 Å². The summed E-state index contributed by atoms with van der Waals surface area (Å²) in [6, 6.07) is 20.7. The first-order valence-corrected chi connectivity index (χ1v) is 13.1. The topological polar surface area (TPSA) is 75.7 Å². The average molecular weight is 515 g/mol. The minimum Gasteiger partial charge on any atom is -0.491 e. The molecule has 8 heteroatoms. The maximum Gasteiger partial charge on any atom is 0.264 e. The normalized spacial score (nSPS) is 11.7. The van der Waals surface area contributed by atoms with E-state index in [1.54, 1.807) is 18.2 Å². The Morgan fingerprint density at radius 2 is 1.69 bits per heavy atom. The third-order valence-electron chi connectivity index (χ3n) is 5.36. The van der Waals surface area contributed by atoms with Gasteiger partial charge in [0.2, 0.25) is 5.91 Å². The molecule has 0 atom stereocenters. The largest absolute Gasteiger partial charge is 0.491 e. The zero-order valence-electron chi connectivity index (χ0n) is 20.4. The molecule has 1 N–H and O–H groups in total. The molecule has 6 nitrogen and oxygen atoms in total. The van der Waals surface area contributed by atoms with Crippen LogP contribution in [0.15, 0.2) is 77.7 Å². The number of hydrogen-bond donors (Lipinski definition) is 1. The van der Waals surface area contributed by atoms with Gasteiger partial charge in [-0.1, -0.05) is 62.7 Å². The number of aryl methyl sites for hydroxylation is 1. The fourth-order valence-electron chi connectivity index (χ4n) is 3.58. The molecule has 0 spiro atoms. The minimum absolute atomic E-state index is 0.0540. The van der Waals surface area contributed by atoms with Crippen molar-refractivity contribution in [1.82, 2.24) is 5.32 Å². The second kappa shape index (κ2) is 11.1. The van der Waals surface area contributed by atoms with Crippen LogP contribution < -0.4 is 14.4 Å². The van der Waals surface area contributed by atoms with Crippen molar-refractivity contribution < 1.29 is 17.9 Å². The number of rotatable bonds is 9. The number of sulfonamides is 1. The summed E-state index contributed by atoms with van der Waals surface area (Å²) in [6.07, 6.45) is 0. The van der Waals surface area contributed by atoms with Crippen molar-refractivity contribution in [2.75, 3.05) is 24.0 Å². The number of halogens is 1. The first kappa shape index (κ1) is 26.6. The lowest BCUT2D eigenvalue weighted by Gasteiger charge is -2.25. The molecule has 0 unspecified atom stereocenters. The van der Waals surface area contributed by atoms with Gasteiger partial charge in [0, 0.05) is 5.02 Å². The van der Waals surface area contributed by atoms with Gasteiger partial charge in [-0.05, 0) is 65.9 Å². The minimum atomic E-state index is -4.00. The number of anilines is 1. The first-order valence-electron chi connectivity index (χ1n) is 11.3. The Morgan fingerprint density at radius 1 is 1.00 bits per heavy atom. The molecule has 0 bridgehead atoms. The third kappa shape index (κ3) is 6.99. The zero-order chi connectivity index (χ0) is 25.6. The summed E-state index contributed by atoms with van der Waals surface area (Å²) < 4.78 is 33.8. The van der Waals surface area contributed by atoms with Crippen LogP contribution in [0.1, 0.15) is 31.9 Å². The highest BCUT2D eigenvalue weighted by Crippen LogP contribution is 2.31. The molecule has 3 rings (SSSR count). The maximum atomic E-state index is 13.4. The average Bonchev–Trinajstić information content (AvgIpc) is 2.80. The summed E-state index contributed by atoms with van der Waals surface area (Å²) in [7, 11) is -4.00. The summed E-state index contributed by atoms with van der Waals surface area (Å²) in [5, 5.41) is 3.20. The van der Waals surface area contributed by atoms with Gasteiger partial charge in [0.25, 0.3) is 10.0 Å². The summed E-state index contributed by atoms with van der Waals surface area (Å²) in [5.74, 6) is 0.331. The van der Waals surface area contributed by atoms with Crippen LogP contribution in [0, 0.1) is 6.92 Å². The first-order chi connectivity index (χ1) is 16.5. The standard InChI is InChI=1S/C27H31ClN2O4S/c1-20-8-7-9-22(18-20)30(35(32,33)23-14-12-21(28)13-15-23)19-26(31)29-16-17-34-25-11-6-5-10-24(25)27(2,3)4/h5-15,18H,16-17,19H2,1-4H3,(H,29,31). The van der Waals surface area contributed by atoms with Gasteiger partial charge in [0.05, 0.1) is 17.1 Å². The Labute approximate surface area is 212 Å². The Balaban J connectivity index is 1.71. The van der Waals surface area contributed by atoms with E-state index in [-0.39, 0.29) is 30.0 Å². The highest BCUT2D eigenvalue weighted by Gasteiger charge is 2.27. The predicted octanol–water partition coefficient (Wildman–Crippen LogP) is 5.34. The van der Waals surface area contributed by atoms with Crippen LogP contribution in [-0.4, -0.2) is 34.0 Å². The Hall–Kier alpha value is -3.03. The molecule has 3 aromatic carbocycles. The number of hydrogen-bond acceptors (Lipinski definition) is 4. The van der Waals surface area contributed by atoms with E-state index in [2.05, 4.69) is 26.1 Å². The summed E-state index contributed by atoms with van der Waals surface area (Å²) >= 11 is 5.93. The van der Waals surface area contributed by atoms with Gasteiger partial charge in [-0.2, -0.15) is 0 Å². The van der Waals surface area contributed by atoms with Crippen LogP contribution in [-0.2, 0) is 20.2 Å².